The molecule has 1 heterocycles. The first kappa shape index (κ1) is 17.4. The van der Waals surface area contributed by atoms with Gasteiger partial charge in [-0.15, -0.1) is 0 Å². The summed E-state index contributed by atoms with van der Waals surface area (Å²) in [6.45, 7) is 0. The van der Waals surface area contributed by atoms with Crippen molar-refractivity contribution in [2.24, 2.45) is 0 Å². The lowest BCUT2D eigenvalue weighted by atomic mass is 10.2. The number of nitrogens with one attached hydrogen (secondary N) is 1. The normalized spacial score (nSPS) is 10.5. The number of aromatic nitrogens is 1. The van der Waals surface area contributed by atoms with E-state index in [1.54, 1.807) is 6.07 Å². The van der Waals surface area contributed by atoms with Gasteiger partial charge >= 0.3 is 0 Å². The number of anilines is 1. The Bertz CT molecular complexity index is 962. The summed E-state index contributed by atoms with van der Waals surface area (Å²) in [6.07, 6.45) is 1.19. The largest absolute Gasteiger partial charge is 0.436 e. The average molecular weight is 362 g/mol. The van der Waals surface area contributed by atoms with Crippen LogP contribution < -0.4 is 10.1 Å². The summed E-state index contributed by atoms with van der Waals surface area (Å²) in [5.74, 6) is -6.23. The fourth-order valence-electron chi connectivity index (χ4n) is 2.05. The highest BCUT2D eigenvalue weighted by atomic mass is 19.2. The molecule has 0 aliphatic carbocycles. The molecule has 0 aliphatic rings. The molecule has 132 valence electrons. The van der Waals surface area contributed by atoms with Crippen molar-refractivity contribution in [1.29, 1.82) is 0 Å². The number of pyridine rings is 1. The monoisotopic (exact) mass is 362 g/mol. The quantitative estimate of drug-likeness (QED) is 0.541. The predicted octanol–water partition coefficient (Wildman–Crippen LogP) is 4.68. The Kier molecular flexibility index (Phi) is 4.83. The maximum absolute atomic E-state index is 13.6. The van der Waals surface area contributed by atoms with Crippen LogP contribution in [0, 0.1) is 23.3 Å². The van der Waals surface area contributed by atoms with Crippen LogP contribution in [0.2, 0.25) is 0 Å². The topological polar surface area (TPSA) is 51.2 Å². The van der Waals surface area contributed by atoms with Crippen LogP contribution in [0.1, 0.15) is 10.4 Å². The highest BCUT2D eigenvalue weighted by Gasteiger charge is 2.19. The van der Waals surface area contributed by atoms with Gasteiger partial charge in [0.05, 0.1) is 17.4 Å². The fraction of sp³-hybridized carbons (Fsp3) is 0. The predicted molar refractivity (Wildman–Crippen MR) is 85.0 cm³/mol. The number of para-hydroxylation sites is 1. The minimum absolute atomic E-state index is 0.0272. The number of nitrogens with zero attached hydrogens (tertiary/aromatic N) is 1. The third-order valence-corrected chi connectivity index (χ3v) is 3.33. The molecule has 0 atom stereocenters. The zero-order valence-electron chi connectivity index (χ0n) is 13.0. The molecule has 0 radical (unpaired) electrons. The third kappa shape index (κ3) is 3.64. The smallest absolute Gasteiger partial charge is 0.258 e. The Balaban J connectivity index is 1.72. The molecule has 2 aromatic carbocycles. The summed E-state index contributed by atoms with van der Waals surface area (Å²) in [5, 5.41) is 2.29. The molecule has 26 heavy (non-hydrogen) atoms. The van der Waals surface area contributed by atoms with Gasteiger partial charge in [-0.05, 0) is 30.3 Å². The van der Waals surface area contributed by atoms with Crippen molar-refractivity contribution in [3.05, 3.63) is 83.6 Å². The zero-order valence-corrected chi connectivity index (χ0v) is 13.0. The van der Waals surface area contributed by atoms with Gasteiger partial charge in [-0.1, -0.05) is 12.1 Å². The van der Waals surface area contributed by atoms with Gasteiger partial charge in [0, 0.05) is 6.07 Å². The number of amides is 1. The number of hydrogen-bond acceptors (Lipinski definition) is 3. The minimum Gasteiger partial charge on any atom is -0.436 e. The maximum atomic E-state index is 13.6. The second-order valence-corrected chi connectivity index (χ2v) is 5.09. The van der Waals surface area contributed by atoms with Gasteiger partial charge in [-0.3, -0.25) is 4.79 Å². The van der Waals surface area contributed by atoms with Gasteiger partial charge in [-0.2, -0.15) is 0 Å². The number of rotatable bonds is 4. The lowest BCUT2D eigenvalue weighted by Gasteiger charge is -2.08. The summed E-state index contributed by atoms with van der Waals surface area (Å²) < 4.78 is 58.5. The van der Waals surface area contributed by atoms with Crippen molar-refractivity contribution in [1.82, 2.24) is 4.98 Å². The van der Waals surface area contributed by atoms with Crippen molar-refractivity contribution in [2.45, 2.75) is 0 Å². The van der Waals surface area contributed by atoms with E-state index in [-0.39, 0.29) is 17.3 Å². The van der Waals surface area contributed by atoms with E-state index >= 15 is 0 Å². The molecule has 0 saturated carbocycles. The Morgan fingerprint density at radius 1 is 0.885 bits per heavy atom. The van der Waals surface area contributed by atoms with Crippen molar-refractivity contribution in [3.8, 4) is 11.6 Å². The molecule has 0 bridgehead atoms. The van der Waals surface area contributed by atoms with E-state index in [0.29, 0.717) is 6.07 Å². The van der Waals surface area contributed by atoms with Crippen LogP contribution in [-0.2, 0) is 0 Å². The van der Waals surface area contributed by atoms with Crippen LogP contribution in [0.4, 0.5) is 23.2 Å². The molecular weight excluding hydrogens is 352 g/mol. The van der Waals surface area contributed by atoms with Crippen molar-refractivity contribution >= 4 is 11.6 Å². The second kappa shape index (κ2) is 7.22. The highest BCUT2D eigenvalue weighted by molar-refractivity contribution is 6.04. The first-order valence-corrected chi connectivity index (χ1v) is 7.29. The summed E-state index contributed by atoms with van der Waals surface area (Å²) >= 11 is 0. The zero-order chi connectivity index (χ0) is 18.7. The lowest BCUT2D eigenvalue weighted by molar-refractivity contribution is 0.102. The van der Waals surface area contributed by atoms with Crippen molar-refractivity contribution in [2.75, 3.05) is 5.32 Å². The number of halogens is 4. The first-order chi connectivity index (χ1) is 12.5. The molecule has 1 aromatic heterocycles. The van der Waals surface area contributed by atoms with E-state index in [4.69, 9.17) is 4.74 Å². The average Bonchev–Trinajstić information content (AvgIpc) is 2.63. The number of benzene rings is 2. The highest BCUT2D eigenvalue weighted by Crippen LogP contribution is 2.23. The molecule has 4 nitrogen and oxygen atoms in total. The third-order valence-electron chi connectivity index (χ3n) is 3.33. The molecular formula is C18H10F4N2O2. The minimum atomic E-state index is -1.73. The fourth-order valence-corrected chi connectivity index (χ4v) is 2.05. The second-order valence-electron chi connectivity index (χ2n) is 5.09. The molecule has 0 saturated heterocycles. The van der Waals surface area contributed by atoms with Crippen molar-refractivity contribution < 1.29 is 27.1 Å². The molecule has 0 fully saturated rings. The molecule has 8 heteroatoms. The van der Waals surface area contributed by atoms with Crippen LogP contribution in [0.3, 0.4) is 0 Å². The van der Waals surface area contributed by atoms with E-state index in [1.807, 2.05) is 0 Å². The number of hydrogen-bond donors (Lipinski definition) is 1. The Labute approximate surface area is 145 Å². The van der Waals surface area contributed by atoms with E-state index in [2.05, 4.69) is 10.3 Å². The van der Waals surface area contributed by atoms with E-state index in [9.17, 15) is 22.4 Å². The van der Waals surface area contributed by atoms with Crippen LogP contribution >= 0.6 is 0 Å². The molecule has 3 rings (SSSR count). The van der Waals surface area contributed by atoms with Gasteiger partial charge < -0.3 is 10.1 Å². The summed E-state index contributed by atoms with van der Waals surface area (Å²) in [6, 6.07) is 9.93. The molecule has 0 unspecified atom stereocenters. The molecule has 0 aliphatic heterocycles. The van der Waals surface area contributed by atoms with Gasteiger partial charge in [0.15, 0.2) is 29.0 Å². The van der Waals surface area contributed by atoms with Crippen LogP contribution in [-0.4, -0.2) is 10.9 Å². The van der Waals surface area contributed by atoms with Crippen LogP contribution in [0.5, 0.6) is 11.6 Å². The van der Waals surface area contributed by atoms with E-state index in [0.717, 1.165) is 6.07 Å². The Morgan fingerprint density at radius 2 is 1.65 bits per heavy atom. The van der Waals surface area contributed by atoms with E-state index in [1.165, 1.54) is 36.5 Å². The standard InChI is InChI=1S/C18H10F4N2O2/c19-12-3-1-2-4-14(12)26-15-8-5-10(9-23-15)24-18(25)11-6-7-13(20)17(22)16(11)21/h1-9H,(H,24,25). The lowest BCUT2D eigenvalue weighted by Crippen LogP contribution is -2.15. The van der Waals surface area contributed by atoms with Crippen LogP contribution in [0.25, 0.3) is 0 Å². The Morgan fingerprint density at radius 3 is 2.35 bits per heavy atom. The summed E-state index contributed by atoms with van der Waals surface area (Å²) in [5.41, 5.74) is -0.504. The van der Waals surface area contributed by atoms with Crippen LogP contribution in [0.15, 0.2) is 54.7 Å². The molecule has 1 N–H and O–H groups in total. The SMILES string of the molecule is O=C(Nc1ccc(Oc2ccccc2F)nc1)c1ccc(F)c(F)c1F. The number of ether oxygens (including phenoxy) is 1. The molecule has 3 aromatic rings. The Hall–Kier alpha value is -3.42. The van der Waals surface area contributed by atoms with Gasteiger partial charge in [-0.25, -0.2) is 22.5 Å². The number of carbonyl (C=O) groups excluding carboxylic acids is 1. The molecule has 1 amide bonds. The van der Waals surface area contributed by atoms with Gasteiger partial charge in [0.25, 0.3) is 5.91 Å². The summed E-state index contributed by atoms with van der Waals surface area (Å²) in [4.78, 5) is 15.9. The molecule has 0 spiro atoms. The van der Waals surface area contributed by atoms with Gasteiger partial charge in [0.1, 0.15) is 0 Å². The first-order valence-electron chi connectivity index (χ1n) is 7.29. The van der Waals surface area contributed by atoms with E-state index < -0.39 is 34.7 Å². The number of carbonyl (C=O) groups is 1. The van der Waals surface area contributed by atoms with Crippen molar-refractivity contribution in [3.63, 3.8) is 0 Å². The maximum Gasteiger partial charge on any atom is 0.258 e. The van der Waals surface area contributed by atoms with Gasteiger partial charge in [0.2, 0.25) is 5.88 Å². The summed E-state index contributed by atoms with van der Waals surface area (Å²) in [7, 11) is 0.